The molecule has 1 spiro atoms. The molecule has 6 heteroatoms. The number of carbonyl (C=O) groups is 2. The van der Waals surface area contributed by atoms with E-state index in [1.54, 1.807) is 0 Å². The summed E-state index contributed by atoms with van der Waals surface area (Å²) < 4.78 is 5.91. The Balaban J connectivity index is 1.41. The van der Waals surface area contributed by atoms with E-state index in [2.05, 4.69) is 50.0 Å². The van der Waals surface area contributed by atoms with E-state index < -0.39 is 11.6 Å². The number of piperidine rings is 1. The summed E-state index contributed by atoms with van der Waals surface area (Å²) in [6.45, 7) is 10.8. The van der Waals surface area contributed by atoms with Crippen molar-refractivity contribution in [1.29, 1.82) is 0 Å². The van der Waals surface area contributed by atoms with Crippen molar-refractivity contribution in [2.24, 2.45) is 5.92 Å². The van der Waals surface area contributed by atoms with Crippen molar-refractivity contribution in [3.8, 4) is 11.5 Å². The summed E-state index contributed by atoms with van der Waals surface area (Å²) in [6.07, 6.45) is 3.93. The number of likely N-dealkylation sites (tertiary alicyclic amines) is 1. The van der Waals surface area contributed by atoms with Gasteiger partial charge in [-0.3, -0.25) is 14.5 Å². The molecule has 0 aromatic heterocycles. The first-order chi connectivity index (χ1) is 17.3. The van der Waals surface area contributed by atoms with Gasteiger partial charge in [0, 0.05) is 25.7 Å². The SMILES string of the molecule is CCCC(C)N1C(=O)C(CC(C)C)NC(=O)C12CCN(Cc1ccc(Oc3ccccc3)cc1)CC2. The van der Waals surface area contributed by atoms with Crippen LogP contribution in [0.2, 0.25) is 0 Å². The molecule has 4 rings (SSSR count). The van der Waals surface area contributed by atoms with Gasteiger partial charge < -0.3 is 15.0 Å². The number of hydrogen-bond donors (Lipinski definition) is 1. The summed E-state index contributed by atoms with van der Waals surface area (Å²) in [4.78, 5) is 31.5. The van der Waals surface area contributed by atoms with E-state index in [0.717, 1.165) is 44.0 Å². The molecule has 2 unspecified atom stereocenters. The molecule has 2 aromatic carbocycles. The van der Waals surface area contributed by atoms with E-state index in [1.807, 2.05) is 47.4 Å². The number of piperazine rings is 1. The van der Waals surface area contributed by atoms with Crippen LogP contribution in [0, 0.1) is 5.92 Å². The third-order valence-electron chi connectivity index (χ3n) is 7.57. The Kier molecular flexibility index (Phi) is 8.35. The summed E-state index contributed by atoms with van der Waals surface area (Å²) in [6, 6.07) is 17.6. The first-order valence-electron chi connectivity index (χ1n) is 13.5. The zero-order valence-electron chi connectivity index (χ0n) is 22.2. The molecule has 194 valence electrons. The van der Waals surface area contributed by atoms with Gasteiger partial charge in [-0.1, -0.05) is 57.5 Å². The van der Waals surface area contributed by atoms with Crippen molar-refractivity contribution in [3.05, 3.63) is 60.2 Å². The maximum absolute atomic E-state index is 13.6. The van der Waals surface area contributed by atoms with E-state index >= 15 is 0 Å². The summed E-state index contributed by atoms with van der Waals surface area (Å²) in [5.41, 5.74) is 0.479. The molecule has 2 heterocycles. The summed E-state index contributed by atoms with van der Waals surface area (Å²) in [5, 5.41) is 3.11. The number of benzene rings is 2. The van der Waals surface area contributed by atoms with Crippen LogP contribution >= 0.6 is 0 Å². The standard InChI is InChI=1S/C30H41N3O3/c1-5-9-23(4)33-28(34)27(20-22(2)3)31-29(35)30(33)16-18-32(19-17-30)21-24-12-14-26(15-13-24)36-25-10-7-6-8-11-25/h6-8,10-15,22-23,27H,5,9,16-21H2,1-4H3,(H,31,35). The van der Waals surface area contributed by atoms with Crippen LogP contribution in [0.25, 0.3) is 0 Å². The Morgan fingerprint density at radius 2 is 1.61 bits per heavy atom. The summed E-state index contributed by atoms with van der Waals surface area (Å²) in [7, 11) is 0. The minimum atomic E-state index is -0.733. The van der Waals surface area contributed by atoms with Gasteiger partial charge >= 0.3 is 0 Å². The molecule has 0 radical (unpaired) electrons. The lowest BCUT2D eigenvalue weighted by atomic mass is 9.79. The van der Waals surface area contributed by atoms with Crippen molar-refractivity contribution in [2.45, 2.75) is 84.0 Å². The molecule has 2 aromatic rings. The van der Waals surface area contributed by atoms with Crippen LogP contribution in [0.15, 0.2) is 54.6 Å². The first kappa shape index (κ1) is 26.2. The van der Waals surface area contributed by atoms with Crippen LogP contribution in [-0.2, 0) is 16.1 Å². The third-order valence-corrected chi connectivity index (χ3v) is 7.57. The van der Waals surface area contributed by atoms with Crippen LogP contribution < -0.4 is 10.1 Å². The van der Waals surface area contributed by atoms with Crippen LogP contribution in [-0.4, -0.2) is 52.3 Å². The molecule has 2 aliphatic heterocycles. The quantitative estimate of drug-likeness (QED) is 0.512. The molecular weight excluding hydrogens is 450 g/mol. The van der Waals surface area contributed by atoms with Gasteiger partial charge in [0.2, 0.25) is 11.8 Å². The monoisotopic (exact) mass is 491 g/mol. The van der Waals surface area contributed by atoms with Crippen LogP contribution in [0.5, 0.6) is 11.5 Å². The number of nitrogens with one attached hydrogen (secondary N) is 1. The number of carbonyl (C=O) groups excluding carboxylic acids is 2. The predicted octanol–water partition coefficient (Wildman–Crippen LogP) is 5.38. The van der Waals surface area contributed by atoms with Gasteiger partial charge in [0.25, 0.3) is 0 Å². The second kappa shape index (κ2) is 11.5. The topological polar surface area (TPSA) is 61.9 Å². The van der Waals surface area contributed by atoms with Gasteiger partial charge in [-0.2, -0.15) is 0 Å². The lowest BCUT2D eigenvalue weighted by molar-refractivity contribution is -0.165. The minimum Gasteiger partial charge on any atom is -0.457 e. The average Bonchev–Trinajstić information content (AvgIpc) is 2.86. The van der Waals surface area contributed by atoms with Crippen molar-refractivity contribution >= 4 is 11.8 Å². The highest BCUT2D eigenvalue weighted by molar-refractivity contribution is 6.00. The number of nitrogens with zero attached hydrogens (tertiary/aromatic N) is 2. The van der Waals surface area contributed by atoms with Gasteiger partial charge in [-0.15, -0.1) is 0 Å². The second-order valence-corrected chi connectivity index (χ2v) is 10.9. The van der Waals surface area contributed by atoms with Crippen LogP contribution in [0.1, 0.15) is 65.4 Å². The van der Waals surface area contributed by atoms with Crippen LogP contribution in [0.3, 0.4) is 0 Å². The zero-order valence-corrected chi connectivity index (χ0v) is 22.2. The number of hydrogen-bond acceptors (Lipinski definition) is 4. The smallest absolute Gasteiger partial charge is 0.246 e. The molecule has 0 aliphatic carbocycles. The zero-order chi connectivity index (χ0) is 25.7. The molecule has 0 saturated carbocycles. The molecule has 1 N–H and O–H groups in total. The van der Waals surface area contributed by atoms with E-state index in [1.165, 1.54) is 5.56 Å². The molecule has 6 nitrogen and oxygen atoms in total. The van der Waals surface area contributed by atoms with E-state index in [-0.39, 0.29) is 17.9 Å². The number of amides is 2. The highest BCUT2D eigenvalue weighted by Gasteiger charge is 2.54. The Hall–Kier alpha value is -2.86. The number of rotatable bonds is 9. The second-order valence-electron chi connectivity index (χ2n) is 10.9. The number of para-hydroxylation sites is 1. The normalized spacial score (nSPS) is 21.0. The van der Waals surface area contributed by atoms with Crippen molar-refractivity contribution in [1.82, 2.24) is 15.1 Å². The highest BCUT2D eigenvalue weighted by Crippen LogP contribution is 2.37. The fraction of sp³-hybridized carbons (Fsp3) is 0.533. The third kappa shape index (κ3) is 5.75. The maximum Gasteiger partial charge on any atom is 0.246 e. The number of ether oxygens (including phenoxy) is 1. The molecule has 2 amide bonds. The fourth-order valence-corrected chi connectivity index (χ4v) is 5.75. The van der Waals surface area contributed by atoms with Gasteiger partial charge in [-0.05, 0) is 68.4 Å². The maximum atomic E-state index is 13.6. The molecule has 0 bridgehead atoms. The highest BCUT2D eigenvalue weighted by atomic mass is 16.5. The molecular formula is C30H41N3O3. The molecule has 2 aliphatic rings. The molecule has 2 fully saturated rings. The van der Waals surface area contributed by atoms with Crippen LogP contribution in [0.4, 0.5) is 0 Å². The largest absolute Gasteiger partial charge is 0.457 e. The van der Waals surface area contributed by atoms with E-state index in [0.29, 0.717) is 25.2 Å². The Bertz CT molecular complexity index is 1010. The van der Waals surface area contributed by atoms with Gasteiger partial charge in [0.1, 0.15) is 23.1 Å². The first-order valence-corrected chi connectivity index (χ1v) is 13.5. The molecule has 2 atom stereocenters. The predicted molar refractivity (Wildman–Crippen MR) is 143 cm³/mol. The lowest BCUT2D eigenvalue weighted by Crippen LogP contribution is -2.74. The average molecular weight is 492 g/mol. The van der Waals surface area contributed by atoms with Gasteiger partial charge in [-0.25, -0.2) is 0 Å². The van der Waals surface area contributed by atoms with Gasteiger partial charge in [0.15, 0.2) is 0 Å². The van der Waals surface area contributed by atoms with Crippen molar-refractivity contribution in [3.63, 3.8) is 0 Å². The van der Waals surface area contributed by atoms with E-state index in [9.17, 15) is 9.59 Å². The summed E-state index contributed by atoms with van der Waals surface area (Å²) in [5.74, 6) is 2.13. The molecule has 2 saturated heterocycles. The Labute approximate surface area is 216 Å². The van der Waals surface area contributed by atoms with Gasteiger partial charge in [0.05, 0.1) is 0 Å². The van der Waals surface area contributed by atoms with E-state index in [4.69, 9.17) is 4.74 Å². The minimum absolute atomic E-state index is 0.0396. The molecule has 36 heavy (non-hydrogen) atoms. The van der Waals surface area contributed by atoms with Crippen molar-refractivity contribution in [2.75, 3.05) is 13.1 Å². The fourth-order valence-electron chi connectivity index (χ4n) is 5.75. The Morgan fingerprint density at radius 3 is 2.22 bits per heavy atom. The lowest BCUT2D eigenvalue weighted by Gasteiger charge is -2.54. The van der Waals surface area contributed by atoms with Crippen molar-refractivity contribution < 1.29 is 14.3 Å². The Morgan fingerprint density at radius 1 is 0.972 bits per heavy atom. The summed E-state index contributed by atoms with van der Waals surface area (Å²) >= 11 is 0.